The lowest BCUT2D eigenvalue weighted by Gasteiger charge is -2.41. The van der Waals surface area contributed by atoms with Crippen molar-refractivity contribution in [2.45, 2.75) is 19.1 Å². The zero-order valence-electron chi connectivity index (χ0n) is 9.91. The van der Waals surface area contributed by atoms with Crippen molar-refractivity contribution in [2.75, 3.05) is 52.9 Å². The molecule has 0 aromatic heterocycles. The minimum Gasteiger partial charge on any atom is -0.374 e. The monoisotopic (exact) mass is 213 g/mol. The second kappa shape index (κ2) is 5.25. The Balaban J connectivity index is 1.77. The summed E-state index contributed by atoms with van der Waals surface area (Å²) in [5.41, 5.74) is 0. The molecule has 0 saturated carbocycles. The van der Waals surface area contributed by atoms with E-state index in [2.05, 4.69) is 29.1 Å². The molecule has 2 heterocycles. The summed E-state index contributed by atoms with van der Waals surface area (Å²) >= 11 is 0. The van der Waals surface area contributed by atoms with Gasteiger partial charge in [-0.15, -0.1) is 0 Å². The van der Waals surface area contributed by atoms with Gasteiger partial charge in [-0.2, -0.15) is 0 Å². The molecular weight excluding hydrogens is 190 g/mol. The lowest BCUT2D eigenvalue weighted by Crippen LogP contribution is -2.59. The second-order valence-corrected chi connectivity index (χ2v) is 4.65. The van der Waals surface area contributed by atoms with Crippen LogP contribution in [0.25, 0.3) is 0 Å². The molecule has 0 bridgehead atoms. The molecule has 0 amide bonds. The van der Waals surface area contributed by atoms with E-state index in [1.807, 2.05) is 0 Å². The summed E-state index contributed by atoms with van der Waals surface area (Å²) < 4.78 is 5.80. The third-order valence-electron chi connectivity index (χ3n) is 3.46. The number of nitrogens with zero attached hydrogens (tertiary/aromatic N) is 2. The molecular formula is C11H23N3O. The molecule has 0 aromatic carbocycles. The Labute approximate surface area is 92.6 Å². The van der Waals surface area contributed by atoms with E-state index in [0.717, 1.165) is 51.9 Å². The Hall–Kier alpha value is -0.160. The molecule has 2 aliphatic rings. The predicted molar refractivity (Wildman–Crippen MR) is 61.1 cm³/mol. The molecule has 15 heavy (non-hydrogen) atoms. The topological polar surface area (TPSA) is 27.7 Å². The van der Waals surface area contributed by atoms with Crippen molar-refractivity contribution in [3.05, 3.63) is 0 Å². The van der Waals surface area contributed by atoms with Crippen LogP contribution < -0.4 is 5.32 Å². The largest absolute Gasteiger partial charge is 0.374 e. The highest BCUT2D eigenvalue weighted by molar-refractivity contribution is 4.86. The van der Waals surface area contributed by atoms with Crippen LogP contribution in [-0.4, -0.2) is 74.9 Å². The van der Waals surface area contributed by atoms with Crippen molar-refractivity contribution in [1.29, 1.82) is 0 Å². The molecule has 0 spiro atoms. The first-order chi connectivity index (χ1) is 7.29. The number of morpholine rings is 1. The molecule has 88 valence electrons. The van der Waals surface area contributed by atoms with Crippen LogP contribution in [0.15, 0.2) is 0 Å². The Morgan fingerprint density at radius 2 is 2.27 bits per heavy atom. The van der Waals surface area contributed by atoms with Crippen molar-refractivity contribution in [2.24, 2.45) is 0 Å². The Morgan fingerprint density at radius 1 is 1.47 bits per heavy atom. The third-order valence-corrected chi connectivity index (χ3v) is 3.46. The van der Waals surface area contributed by atoms with Crippen molar-refractivity contribution in [1.82, 2.24) is 15.1 Å². The highest BCUT2D eigenvalue weighted by Crippen LogP contribution is 2.10. The predicted octanol–water partition coefficient (Wildman–Crippen LogP) is -0.389. The molecule has 1 unspecified atom stereocenters. The van der Waals surface area contributed by atoms with Crippen LogP contribution in [0.3, 0.4) is 0 Å². The van der Waals surface area contributed by atoms with Gasteiger partial charge in [0, 0.05) is 38.8 Å². The molecule has 4 heteroatoms. The van der Waals surface area contributed by atoms with E-state index in [1.54, 1.807) is 0 Å². The summed E-state index contributed by atoms with van der Waals surface area (Å²) in [6.45, 7) is 9.81. The van der Waals surface area contributed by atoms with E-state index < -0.39 is 0 Å². The van der Waals surface area contributed by atoms with Gasteiger partial charge in [0.25, 0.3) is 0 Å². The normalized spacial score (nSPS) is 29.4. The Morgan fingerprint density at radius 3 is 2.80 bits per heavy atom. The van der Waals surface area contributed by atoms with Gasteiger partial charge < -0.3 is 15.0 Å². The molecule has 1 atom stereocenters. The molecule has 2 saturated heterocycles. The maximum atomic E-state index is 5.80. The minimum absolute atomic E-state index is 0.407. The zero-order valence-corrected chi connectivity index (χ0v) is 9.91. The van der Waals surface area contributed by atoms with Crippen LogP contribution in [0.5, 0.6) is 0 Å². The molecule has 0 radical (unpaired) electrons. The maximum absolute atomic E-state index is 5.80. The highest BCUT2D eigenvalue weighted by Gasteiger charge is 2.27. The number of hydrogen-bond acceptors (Lipinski definition) is 4. The van der Waals surface area contributed by atoms with Crippen LogP contribution in [0.1, 0.15) is 6.92 Å². The number of ether oxygens (including phenoxy) is 1. The van der Waals surface area contributed by atoms with Gasteiger partial charge in [0.15, 0.2) is 0 Å². The molecule has 1 N–H and O–H groups in total. The van der Waals surface area contributed by atoms with Gasteiger partial charge in [-0.05, 0) is 13.6 Å². The van der Waals surface area contributed by atoms with Crippen LogP contribution in [0, 0.1) is 0 Å². The zero-order chi connectivity index (χ0) is 10.7. The number of rotatable bonds is 4. The molecule has 2 rings (SSSR count). The molecule has 0 aliphatic carbocycles. The minimum atomic E-state index is 0.407. The van der Waals surface area contributed by atoms with E-state index in [4.69, 9.17) is 4.74 Å². The molecule has 4 nitrogen and oxygen atoms in total. The van der Waals surface area contributed by atoms with Gasteiger partial charge in [-0.1, -0.05) is 6.92 Å². The number of likely N-dealkylation sites (N-methyl/N-ethyl adjacent to an activating group) is 2. The van der Waals surface area contributed by atoms with Gasteiger partial charge in [0.2, 0.25) is 0 Å². The maximum Gasteiger partial charge on any atom is 0.0829 e. The first-order valence-electron chi connectivity index (χ1n) is 6.04. The van der Waals surface area contributed by atoms with Crippen molar-refractivity contribution >= 4 is 0 Å². The van der Waals surface area contributed by atoms with E-state index in [-0.39, 0.29) is 0 Å². The fourth-order valence-corrected chi connectivity index (χ4v) is 2.31. The number of hydrogen-bond donors (Lipinski definition) is 1. The van der Waals surface area contributed by atoms with Gasteiger partial charge in [0.05, 0.1) is 12.7 Å². The summed E-state index contributed by atoms with van der Waals surface area (Å²) in [7, 11) is 2.18. The summed E-state index contributed by atoms with van der Waals surface area (Å²) in [6.07, 6.45) is 0.407. The second-order valence-electron chi connectivity index (χ2n) is 4.65. The highest BCUT2D eigenvalue weighted by atomic mass is 16.5. The summed E-state index contributed by atoms with van der Waals surface area (Å²) in [4.78, 5) is 4.90. The van der Waals surface area contributed by atoms with Crippen molar-refractivity contribution < 1.29 is 4.74 Å². The lowest BCUT2D eigenvalue weighted by atomic mass is 10.1. The van der Waals surface area contributed by atoms with Gasteiger partial charge in [0.1, 0.15) is 0 Å². The van der Waals surface area contributed by atoms with E-state index in [1.165, 1.54) is 0 Å². The molecule has 0 aromatic rings. The average Bonchev–Trinajstić information content (AvgIpc) is 2.14. The quantitative estimate of drug-likeness (QED) is 0.688. The lowest BCUT2D eigenvalue weighted by molar-refractivity contribution is -0.0437. The third kappa shape index (κ3) is 2.91. The summed E-state index contributed by atoms with van der Waals surface area (Å²) in [6, 6.07) is 0.742. The molecule has 2 aliphatic heterocycles. The fraction of sp³-hybridized carbons (Fsp3) is 1.00. The van der Waals surface area contributed by atoms with Crippen LogP contribution in [-0.2, 0) is 4.74 Å². The number of nitrogens with one attached hydrogen (secondary N) is 1. The van der Waals surface area contributed by atoms with Crippen LogP contribution in [0.2, 0.25) is 0 Å². The standard InChI is InChI=1S/C11H23N3O/c1-3-14(10-6-12-7-10)9-11-8-13(2)4-5-15-11/h10-12H,3-9H2,1-2H3. The fourth-order valence-electron chi connectivity index (χ4n) is 2.31. The Bertz CT molecular complexity index is 196. The Kier molecular flexibility index (Phi) is 3.97. The van der Waals surface area contributed by atoms with E-state index in [0.29, 0.717) is 6.10 Å². The summed E-state index contributed by atoms with van der Waals surface area (Å²) in [5.74, 6) is 0. The van der Waals surface area contributed by atoms with Gasteiger partial charge in [-0.3, -0.25) is 4.90 Å². The van der Waals surface area contributed by atoms with Gasteiger partial charge >= 0.3 is 0 Å². The first kappa shape index (κ1) is 11.3. The van der Waals surface area contributed by atoms with Gasteiger partial charge in [-0.25, -0.2) is 0 Å². The van der Waals surface area contributed by atoms with Crippen molar-refractivity contribution in [3.63, 3.8) is 0 Å². The molecule has 2 fully saturated rings. The first-order valence-corrected chi connectivity index (χ1v) is 6.04. The van der Waals surface area contributed by atoms with E-state index >= 15 is 0 Å². The smallest absolute Gasteiger partial charge is 0.0829 e. The van der Waals surface area contributed by atoms with Crippen LogP contribution in [0.4, 0.5) is 0 Å². The van der Waals surface area contributed by atoms with E-state index in [9.17, 15) is 0 Å². The van der Waals surface area contributed by atoms with Crippen molar-refractivity contribution in [3.8, 4) is 0 Å². The van der Waals surface area contributed by atoms with Crippen LogP contribution >= 0.6 is 0 Å². The summed E-state index contributed by atoms with van der Waals surface area (Å²) in [5, 5.41) is 3.33. The SMILES string of the molecule is CCN(CC1CN(C)CCO1)C1CNC1. The average molecular weight is 213 g/mol.